The Bertz CT molecular complexity index is 890. The van der Waals surface area contributed by atoms with Crippen LogP contribution in [-0.4, -0.2) is 35.2 Å². The van der Waals surface area contributed by atoms with Crippen molar-refractivity contribution in [1.29, 1.82) is 0 Å². The third-order valence-electron chi connectivity index (χ3n) is 5.04. The van der Waals surface area contributed by atoms with Crippen molar-refractivity contribution in [1.82, 2.24) is 15.0 Å². The molecule has 26 heavy (non-hydrogen) atoms. The molecule has 0 aliphatic carbocycles. The predicted octanol–water partition coefficient (Wildman–Crippen LogP) is 4.04. The number of hydrogen-bond acceptors (Lipinski definition) is 5. The molecule has 0 N–H and O–H groups in total. The van der Waals surface area contributed by atoms with Gasteiger partial charge in [0.25, 0.3) is 0 Å². The number of ether oxygens (including phenoxy) is 1. The molecule has 0 spiro atoms. The number of aromatic nitrogens is 2. The monoisotopic (exact) mass is 349 g/mol. The first-order valence-corrected chi connectivity index (χ1v) is 8.98. The maximum absolute atomic E-state index is 5.59. The lowest BCUT2D eigenvalue weighted by Crippen LogP contribution is -2.20. The van der Waals surface area contributed by atoms with Crippen molar-refractivity contribution in [2.75, 3.05) is 20.2 Å². The summed E-state index contributed by atoms with van der Waals surface area (Å²) in [6.07, 6.45) is 1.03. The van der Waals surface area contributed by atoms with Gasteiger partial charge in [-0.25, -0.2) is 0 Å². The maximum atomic E-state index is 5.59. The normalized spacial score (nSPS) is 17.5. The minimum atomic E-state index is 0.287. The number of nitrogens with zero attached hydrogens (tertiary/aromatic N) is 3. The van der Waals surface area contributed by atoms with Crippen LogP contribution in [0.15, 0.2) is 53.1 Å². The van der Waals surface area contributed by atoms with Gasteiger partial charge in [-0.15, -0.1) is 0 Å². The summed E-state index contributed by atoms with van der Waals surface area (Å²) in [7, 11) is 1.72. The highest BCUT2D eigenvalue weighted by atomic mass is 16.5. The molecular weight excluding hydrogens is 326 g/mol. The largest absolute Gasteiger partial charge is 0.496 e. The van der Waals surface area contributed by atoms with Gasteiger partial charge in [0.15, 0.2) is 0 Å². The quantitative estimate of drug-likeness (QED) is 0.696. The summed E-state index contributed by atoms with van der Waals surface area (Å²) in [6, 6.07) is 16.3. The van der Waals surface area contributed by atoms with Crippen LogP contribution in [0, 0.1) is 6.92 Å². The Morgan fingerprint density at radius 1 is 1.15 bits per heavy atom. The number of hydrogen-bond donors (Lipinski definition) is 0. The molecule has 134 valence electrons. The van der Waals surface area contributed by atoms with E-state index < -0.39 is 0 Å². The molecule has 1 unspecified atom stereocenters. The van der Waals surface area contributed by atoms with Crippen LogP contribution in [0.5, 0.6) is 5.75 Å². The van der Waals surface area contributed by atoms with E-state index in [-0.39, 0.29) is 5.92 Å². The Balaban J connectivity index is 1.45. The van der Waals surface area contributed by atoms with Gasteiger partial charge in [0.2, 0.25) is 11.7 Å². The topological polar surface area (TPSA) is 51.4 Å². The van der Waals surface area contributed by atoms with E-state index >= 15 is 0 Å². The Morgan fingerprint density at radius 2 is 1.96 bits per heavy atom. The average Bonchev–Trinajstić information content (AvgIpc) is 3.32. The minimum absolute atomic E-state index is 0.287. The summed E-state index contributed by atoms with van der Waals surface area (Å²) in [4.78, 5) is 7.09. The lowest BCUT2D eigenvalue weighted by molar-refractivity contribution is 0.303. The lowest BCUT2D eigenvalue weighted by Gasteiger charge is -2.17. The third kappa shape index (κ3) is 3.35. The van der Waals surface area contributed by atoms with Crippen LogP contribution < -0.4 is 4.74 Å². The lowest BCUT2D eigenvalue weighted by atomic mass is 10.1. The number of para-hydroxylation sites is 1. The van der Waals surface area contributed by atoms with Crippen LogP contribution in [0.25, 0.3) is 11.4 Å². The number of methoxy groups -OCH3 is 1. The minimum Gasteiger partial charge on any atom is -0.496 e. The summed E-state index contributed by atoms with van der Waals surface area (Å²) in [5, 5.41) is 4.20. The smallest absolute Gasteiger partial charge is 0.231 e. The molecule has 1 fully saturated rings. The van der Waals surface area contributed by atoms with Crippen LogP contribution in [0.2, 0.25) is 0 Å². The molecule has 2 aromatic carbocycles. The second-order valence-electron chi connectivity index (χ2n) is 6.80. The van der Waals surface area contributed by atoms with Gasteiger partial charge < -0.3 is 9.26 Å². The summed E-state index contributed by atoms with van der Waals surface area (Å²) in [6.45, 7) is 4.88. The van der Waals surface area contributed by atoms with Gasteiger partial charge in [-0.1, -0.05) is 47.6 Å². The van der Waals surface area contributed by atoms with Crippen LogP contribution in [0.3, 0.4) is 0 Å². The van der Waals surface area contributed by atoms with Crippen LogP contribution in [0.4, 0.5) is 0 Å². The van der Waals surface area contributed by atoms with Crippen molar-refractivity contribution in [3.05, 3.63) is 65.5 Å². The van der Waals surface area contributed by atoms with Gasteiger partial charge >= 0.3 is 0 Å². The molecule has 1 atom stereocenters. The summed E-state index contributed by atoms with van der Waals surface area (Å²) < 4.78 is 11.1. The molecule has 1 aliphatic heterocycles. The first-order chi connectivity index (χ1) is 12.7. The van der Waals surface area contributed by atoms with E-state index in [0.29, 0.717) is 5.82 Å². The first kappa shape index (κ1) is 16.8. The highest BCUT2D eigenvalue weighted by molar-refractivity contribution is 5.59. The molecule has 5 heteroatoms. The molecule has 1 aromatic heterocycles. The molecule has 1 saturated heterocycles. The maximum Gasteiger partial charge on any atom is 0.231 e. The first-order valence-electron chi connectivity index (χ1n) is 8.98. The molecule has 0 radical (unpaired) electrons. The van der Waals surface area contributed by atoms with Crippen molar-refractivity contribution in [3.63, 3.8) is 0 Å². The standard InChI is InChI=1S/C21H23N3O2/c1-15-7-3-5-9-18(15)20-22-21(26-23-20)17-11-12-24(14-17)13-16-8-4-6-10-19(16)25-2/h3-10,17H,11-14H2,1-2H3. The highest BCUT2D eigenvalue weighted by Crippen LogP contribution is 2.30. The van der Waals surface area contributed by atoms with E-state index in [0.717, 1.165) is 48.8 Å². The van der Waals surface area contributed by atoms with E-state index in [2.05, 4.69) is 40.2 Å². The van der Waals surface area contributed by atoms with Crippen molar-refractivity contribution < 1.29 is 9.26 Å². The molecule has 3 aromatic rings. The van der Waals surface area contributed by atoms with E-state index in [1.165, 1.54) is 5.56 Å². The van der Waals surface area contributed by atoms with Crippen molar-refractivity contribution in [3.8, 4) is 17.1 Å². The van der Waals surface area contributed by atoms with Crippen molar-refractivity contribution >= 4 is 0 Å². The van der Waals surface area contributed by atoms with Crippen LogP contribution in [-0.2, 0) is 6.54 Å². The average molecular weight is 349 g/mol. The molecular formula is C21H23N3O2. The van der Waals surface area contributed by atoms with E-state index in [4.69, 9.17) is 9.26 Å². The number of aryl methyl sites for hydroxylation is 1. The Hall–Kier alpha value is -2.66. The highest BCUT2D eigenvalue weighted by Gasteiger charge is 2.29. The van der Waals surface area contributed by atoms with Crippen LogP contribution in [0.1, 0.15) is 29.4 Å². The van der Waals surface area contributed by atoms with Gasteiger partial charge in [0.1, 0.15) is 5.75 Å². The van der Waals surface area contributed by atoms with Crippen molar-refractivity contribution in [2.24, 2.45) is 0 Å². The molecule has 0 amide bonds. The molecule has 1 aliphatic rings. The molecule has 5 nitrogen and oxygen atoms in total. The van der Waals surface area contributed by atoms with Gasteiger partial charge in [0, 0.05) is 24.2 Å². The second-order valence-corrected chi connectivity index (χ2v) is 6.80. The molecule has 0 bridgehead atoms. The number of benzene rings is 2. The second kappa shape index (κ2) is 7.30. The molecule has 2 heterocycles. The van der Waals surface area contributed by atoms with Gasteiger partial charge in [-0.3, -0.25) is 4.90 Å². The number of rotatable bonds is 5. The fourth-order valence-electron chi connectivity index (χ4n) is 3.59. The van der Waals surface area contributed by atoms with Crippen LogP contribution >= 0.6 is 0 Å². The van der Waals surface area contributed by atoms with Gasteiger partial charge in [0.05, 0.1) is 13.0 Å². The SMILES string of the molecule is COc1ccccc1CN1CCC(c2nc(-c3ccccc3C)no2)C1. The fraction of sp³-hybridized carbons (Fsp3) is 0.333. The fourth-order valence-corrected chi connectivity index (χ4v) is 3.59. The third-order valence-corrected chi connectivity index (χ3v) is 5.04. The van der Waals surface area contributed by atoms with Gasteiger partial charge in [-0.2, -0.15) is 4.98 Å². The molecule has 0 saturated carbocycles. The zero-order valence-electron chi connectivity index (χ0n) is 15.2. The number of likely N-dealkylation sites (tertiary alicyclic amines) is 1. The zero-order valence-corrected chi connectivity index (χ0v) is 15.2. The van der Waals surface area contributed by atoms with E-state index in [1.54, 1.807) is 7.11 Å². The summed E-state index contributed by atoms with van der Waals surface area (Å²) >= 11 is 0. The Kier molecular flexibility index (Phi) is 4.71. The van der Waals surface area contributed by atoms with Crippen molar-refractivity contribution in [2.45, 2.75) is 25.8 Å². The van der Waals surface area contributed by atoms with E-state index in [1.807, 2.05) is 30.3 Å². The summed E-state index contributed by atoms with van der Waals surface area (Å²) in [5.41, 5.74) is 3.40. The van der Waals surface area contributed by atoms with E-state index in [9.17, 15) is 0 Å². The zero-order chi connectivity index (χ0) is 17.9. The molecule has 4 rings (SSSR count). The Labute approximate surface area is 153 Å². The predicted molar refractivity (Wildman–Crippen MR) is 100 cm³/mol. The Morgan fingerprint density at radius 3 is 2.81 bits per heavy atom. The van der Waals surface area contributed by atoms with Gasteiger partial charge in [-0.05, 0) is 31.5 Å². The summed E-state index contributed by atoms with van der Waals surface area (Å²) in [5.74, 6) is 2.65.